The Morgan fingerprint density at radius 3 is 2.41 bits per heavy atom. The fourth-order valence-corrected chi connectivity index (χ4v) is 4.01. The SMILES string of the molecule is COc1cccc(-n2cc(-c3ccccc3Sc3ccc(C)cc3)nn2)c1OC. The van der Waals surface area contributed by atoms with Gasteiger partial charge in [-0.2, -0.15) is 0 Å². The van der Waals surface area contributed by atoms with Gasteiger partial charge in [-0.15, -0.1) is 5.10 Å². The molecule has 0 aliphatic heterocycles. The molecule has 6 heteroatoms. The maximum atomic E-state index is 5.53. The lowest BCUT2D eigenvalue weighted by atomic mass is 10.2. The Bertz CT molecular complexity index is 1120. The molecule has 0 radical (unpaired) electrons. The lowest BCUT2D eigenvalue weighted by Gasteiger charge is -2.11. The predicted octanol–water partition coefficient (Wildman–Crippen LogP) is 5.41. The molecule has 0 aliphatic rings. The van der Waals surface area contributed by atoms with E-state index in [0.29, 0.717) is 11.5 Å². The van der Waals surface area contributed by atoms with E-state index in [-0.39, 0.29) is 0 Å². The third kappa shape index (κ3) is 3.98. The van der Waals surface area contributed by atoms with Crippen LogP contribution in [0.25, 0.3) is 16.9 Å². The standard InChI is InChI=1S/C23H21N3O2S/c1-16-11-13-17(14-12-16)29-22-10-5-4-7-18(22)19-15-26(25-24-19)20-8-6-9-21(27-2)23(20)28-3/h4-15H,1-3H3. The smallest absolute Gasteiger partial charge is 0.186 e. The highest BCUT2D eigenvalue weighted by Crippen LogP contribution is 2.37. The fraction of sp³-hybridized carbons (Fsp3) is 0.130. The van der Waals surface area contributed by atoms with Crippen molar-refractivity contribution in [3.63, 3.8) is 0 Å². The Kier molecular flexibility index (Phi) is 5.53. The molecular weight excluding hydrogens is 382 g/mol. The molecule has 0 N–H and O–H groups in total. The average molecular weight is 404 g/mol. The molecule has 3 aromatic carbocycles. The van der Waals surface area contributed by atoms with Crippen molar-refractivity contribution in [1.82, 2.24) is 15.0 Å². The van der Waals surface area contributed by atoms with Crippen molar-refractivity contribution in [2.45, 2.75) is 16.7 Å². The molecule has 0 saturated carbocycles. The molecular formula is C23H21N3O2S. The van der Waals surface area contributed by atoms with Gasteiger partial charge in [0.15, 0.2) is 11.5 Å². The summed E-state index contributed by atoms with van der Waals surface area (Å²) in [4.78, 5) is 2.31. The number of methoxy groups -OCH3 is 2. The van der Waals surface area contributed by atoms with E-state index in [1.807, 2.05) is 36.5 Å². The van der Waals surface area contributed by atoms with Crippen molar-refractivity contribution < 1.29 is 9.47 Å². The first kappa shape index (κ1) is 19.1. The summed E-state index contributed by atoms with van der Waals surface area (Å²) in [6, 6.07) is 22.4. The van der Waals surface area contributed by atoms with E-state index >= 15 is 0 Å². The molecule has 0 saturated heterocycles. The van der Waals surface area contributed by atoms with Gasteiger partial charge in [0.1, 0.15) is 11.4 Å². The minimum atomic E-state index is 0.619. The van der Waals surface area contributed by atoms with Gasteiger partial charge < -0.3 is 9.47 Å². The number of hydrogen-bond acceptors (Lipinski definition) is 5. The van der Waals surface area contributed by atoms with Crippen molar-refractivity contribution in [3.8, 4) is 28.4 Å². The van der Waals surface area contributed by atoms with Crippen molar-refractivity contribution >= 4 is 11.8 Å². The van der Waals surface area contributed by atoms with Crippen LogP contribution in [0.4, 0.5) is 0 Å². The maximum absolute atomic E-state index is 5.53. The number of ether oxygens (including phenoxy) is 2. The molecule has 0 atom stereocenters. The Labute approximate surface area is 174 Å². The van der Waals surface area contributed by atoms with Crippen molar-refractivity contribution in [2.24, 2.45) is 0 Å². The highest BCUT2D eigenvalue weighted by atomic mass is 32.2. The van der Waals surface area contributed by atoms with Crippen LogP contribution in [0.15, 0.2) is 82.7 Å². The number of hydrogen-bond donors (Lipinski definition) is 0. The zero-order valence-electron chi connectivity index (χ0n) is 16.5. The Balaban J connectivity index is 1.70. The van der Waals surface area contributed by atoms with Gasteiger partial charge in [-0.1, -0.05) is 58.9 Å². The van der Waals surface area contributed by atoms with Crippen LogP contribution in [0.1, 0.15) is 5.56 Å². The van der Waals surface area contributed by atoms with E-state index < -0.39 is 0 Å². The summed E-state index contributed by atoms with van der Waals surface area (Å²) in [6.45, 7) is 2.09. The third-order valence-corrected chi connectivity index (χ3v) is 5.62. The van der Waals surface area contributed by atoms with Crippen molar-refractivity contribution in [2.75, 3.05) is 14.2 Å². The third-order valence-electron chi connectivity index (χ3n) is 4.53. The van der Waals surface area contributed by atoms with Gasteiger partial charge in [0.25, 0.3) is 0 Å². The fourth-order valence-electron chi connectivity index (χ4n) is 3.06. The van der Waals surface area contributed by atoms with Gasteiger partial charge in [0.2, 0.25) is 0 Å². The van der Waals surface area contributed by atoms with Gasteiger partial charge in [-0.05, 0) is 37.3 Å². The van der Waals surface area contributed by atoms with Gasteiger partial charge in [0.05, 0.1) is 20.4 Å². The average Bonchev–Trinajstić information content (AvgIpc) is 3.25. The quantitative estimate of drug-likeness (QED) is 0.431. The second-order valence-corrected chi connectivity index (χ2v) is 7.59. The summed E-state index contributed by atoms with van der Waals surface area (Å²) in [5, 5.41) is 8.74. The monoisotopic (exact) mass is 403 g/mol. The zero-order valence-corrected chi connectivity index (χ0v) is 17.3. The highest BCUT2D eigenvalue weighted by Gasteiger charge is 2.15. The topological polar surface area (TPSA) is 49.2 Å². The van der Waals surface area contributed by atoms with E-state index in [0.717, 1.165) is 21.8 Å². The first-order valence-electron chi connectivity index (χ1n) is 9.17. The number of benzene rings is 3. The van der Waals surface area contributed by atoms with Crippen LogP contribution in [-0.2, 0) is 0 Å². The Morgan fingerprint density at radius 2 is 1.66 bits per heavy atom. The van der Waals surface area contributed by atoms with Crippen LogP contribution in [0, 0.1) is 6.92 Å². The molecule has 0 fully saturated rings. The molecule has 0 unspecified atom stereocenters. The van der Waals surface area contributed by atoms with Crippen LogP contribution < -0.4 is 9.47 Å². The van der Waals surface area contributed by atoms with Crippen LogP contribution in [-0.4, -0.2) is 29.2 Å². The van der Waals surface area contributed by atoms with E-state index in [1.165, 1.54) is 10.5 Å². The van der Waals surface area contributed by atoms with Crippen molar-refractivity contribution in [3.05, 3.63) is 78.5 Å². The molecule has 5 nitrogen and oxygen atoms in total. The number of para-hydroxylation sites is 1. The van der Waals surface area contributed by atoms with E-state index in [2.05, 4.69) is 53.6 Å². The number of aromatic nitrogens is 3. The first-order chi connectivity index (χ1) is 14.2. The molecule has 1 heterocycles. The summed E-state index contributed by atoms with van der Waals surface area (Å²) >= 11 is 1.71. The van der Waals surface area contributed by atoms with E-state index in [4.69, 9.17) is 9.47 Å². The Hall–Kier alpha value is -3.25. The minimum Gasteiger partial charge on any atom is -0.493 e. The lowest BCUT2D eigenvalue weighted by molar-refractivity contribution is 0.353. The second-order valence-electron chi connectivity index (χ2n) is 6.47. The van der Waals surface area contributed by atoms with Gasteiger partial charge >= 0.3 is 0 Å². The van der Waals surface area contributed by atoms with Crippen LogP contribution in [0.2, 0.25) is 0 Å². The number of aryl methyl sites for hydroxylation is 1. The molecule has 4 rings (SSSR count). The maximum Gasteiger partial charge on any atom is 0.186 e. The molecule has 0 aliphatic carbocycles. The molecule has 146 valence electrons. The summed E-state index contributed by atoms with van der Waals surface area (Å²) in [7, 11) is 3.24. The normalized spacial score (nSPS) is 10.7. The summed E-state index contributed by atoms with van der Waals surface area (Å²) in [6.07, 6.45) is 1.91. The Morgan fingerprint density at radius 1 is 0.862 bits per heavy atom. The first-order valence-corrected chi connectivity index (χ1v) is 9.99. The van der Waals surface area contributed by atoms with Gasteiger partial charge in [-0.25, -0.2) is 4.68 Å². The van der Waals surface area contributed by atoms with Crippen LogP contribution in [0.3, 0.4) is 0 Å². The van der Waals surface area contributed by atoms with Gasteiger partial charge in [0, 0.05) is 15.4 Å². The van der Waals surface area contributed by atoms with Crippen LogP contribution >= 0.6 is 11.8 Å². The predicted molar refractivity (Wildman–Crippen MR) is 115 cm³/mol. The van der Waals surface area contributed by atoms with E-state index in [1.54, 1.807) is 30.7 Å². The highest BCUT2D eigenvalue weighted by molar-refractivity contribution is 7.99. The number of nitrogens with zero attached hydrogens (tertiary/aromatic N) is 3. The summed E-state index contributed by atoms with van der Waals surface area (Å²) in [5.74, 6) is 1.27. The molecule has 29 heavy (non-hydrogen) atoms. The van der Waals surface area contributed by atoms with Gasteiger partial charge in [-0.3, -0.25) is 0 Å². The summed E-state index contributed by atoms with van der Waals surface area (Å²) in [5.41, 5.74) is 3.85. The number of rotatable bonds is 6. The molecule has 0 bridgehead atoms. The van der Waals surface area contributed by atoms with Crippen molar-refractivity contribution in [1.29, 1.82) is 0 Å². The second kappa shape index (κ2) is 8.41. The molecule has 4 aromatic rings. The summed E-state index contributed by atoms with van der Waals surface area (Å²) < 4.78 is 12.6. The molecule has 0 spiro atoms. The zero-order chi connectivity index (χ0) is 20.2. The molecule has 1 aromatic heterocycles. The van der Waals surface area contributed by atoms with Crippen LogP contribution in [0.5, 0.6) is 11.5 Å². The largest absolute Gasteiger partial charge is 0.493 e. The molecule has 0 amide bonds. The minimum absolute atomic E-state index is 0.619. The van der Waals surface area contributed by atoms with E-state index in [9.17, 15) is 0 Å². The lowest BCUT2D eigenvalue weighted by Crippen LogP contribution is -2.00.